The molecule has 0 saturated carbocycles. The zero-order valence-electron chi connectivity index (χ0n) is 52.1. The van der Waals surface area contributed by atoms with Crippen LogP contribution in [0.15, 0.2) is 290 Å². The highest BCUT2D eigenvalue weighted by molar-refractivity contribution is 8.00. The predicted octanol–water partition coefficient (Wildman–Crippen LogP) is 23.7. The second-order valence-electron chi connectivity index (χ2n) is 25.2. The summed E-state index contributed by atoms with van der Waals surface area (Å²) in [5.74, 6) is 4.10. The van der Waals surface area contributed by atoms with E-state index in [-0.39, 0.29) is 5.25 Å². The SMILES string of the molecule is c1ccc(-c2nc(-c3ccccc3)nc(-c3ccc4c(c3)sc3ccc5c6cccc(-n7c8ccccc8c8cc(-c9ccc(-c%10nc(-c%11ccccc%11)nc(C%11Cc%12ccc%13c(sc%14c(-n%15c%16ccccc%16c%16ccccc%16%15)cccc%14%13)c%12S%11)n%10)cc9)ccc87)c6sc5c34)n2)cc1. The summed E-state index contributed by atoms with van der Waals surface area (Å²) in [6.07, 6.45) is 0.828. The molecule has 98 heavy (non-hydrogen) atoms. The van der Waals surface area contributed by atoms with Crippen LogP contribution in [0.1, 0.15) is 16.6 Å². The van der Waals surface area contributed by atoms with Crippen LogP contribution >= 0.6 is 45.8 Å². The molecule has 20 aromatic rings. The Morgan fingerprint density at radius 3 is 1.30 bits per heavy atom. The van der Waals surface area contributed by atoms with Crippen LogP contribution in [0.2, 0.25) is 0 Å². The van der Waals surface area contributed by atoms with Gasteiger partial charge in [-0.2, -0.15) is 0 Å². The normalized spacial score (nSPS) is 13.3. The van der Waals surface area contributed by atoms with E-state index >= 15 is 0 Å². The van der Waals surface area contributed by atoms with Crippen molar-refractivity contribution in [2.24, 2.45) is 0 Å². The van der Waals surface area contributed by atoms with Crippen LogP contribution in [0.25, 0.3) is 184 Å². The first kappa shape index (κ1) is 55.7. The van der Waals surface area contributed by atoms with Gasteiger partial charge in [-0.3, -0.25) is 0 Å². The molecule has 0 aliphatic carbocycles. The molecule has 1 unspecified atom stereocenters. The van der Waals surface area contributed by atoms with E-state index in [9.17, 15) is 0 Å². The minimum absolute atomic E-state index is 0.00715. The number of thioether (sulfide) groups is 1. The topological polar surface area (TPSA) is 87.2 Å². The highest BCUT2D eigenvalue weighted by atomic mass is 32.2. The molecule has 1 atom stereocenters. The molecule has 21 rings (SSSR count). The summed E-state index contributed by atoms with van der Waals surface area (Å²) in [5, 5.41) is 12.6. The number of benzene rings is 13. The Kier molecular flexibility index (Phi) is 12.5. The van der Waals surface area contributed by atoms with Crippen LogP contribution in [0.4, 0.5) is 0 Å². The Morgan fingerprint density at radius 2 is 0.704 bits per heavy atom. The molecule has 458 valence electrons. The molecule has 8 heterocycles. The summed E-state index contributed by atoms with van der Waals surface area (Å²) < 4.78 is 12.5. The number of fused-ring (bicyclic) bond motifs is 18. The molecule has 0 bridgehead atoms. The maximum atomic E-state index is 5.38. The van der Waals surface area contributed by atoms with Crippen molar-refractivity contribution in [1.82, 2.24) is 39.0 Å². The maximum absolute atomic E-state index is 5.38. The quantitative estimate of drug-likeness (QED) is 0.142. The highest BCUT2D eigenvalue weighted by Crippen LogP contribution is 2.54. The van der Waals surface area contributed by atoms with E-state index in [1.807, 2.05) is 88.2 Å². The Morgan fingerprint density at radius 1 is 0.276 bits per heavy atom. The van der Waals surface area contributed by atoms with E-state index < -0.39 is 0 Å². The molecule has 0 N–H and O–H groups in total. The fraction of sp³-hybridized carbons (Fsp3) is 0.0233. The lowest BCUT2D eigenvalue weighted by atomic mass is 10.0. The Labute approximate surface area is 577 Å². The summed E-state index contributed by atoms with van der Waals surface area (Å²) in [7, 11) is 0. The van der Waals surface area contributed by atoms with Gasteiger partial charge in [0.25, 0.3) is 0 Å². The average Bonchev–Trinajstić information content (AvgIpc) is 1.57. The van der Waals surface area contributed by atoms with Gasteiger partial charge < -0.3 is 9.13 Å². The van der Waals surface area contributed by atoms with Crippen molar-refractivity contribution in [2.45, 2.75) is 16.6 Å². The number of aromatic nitrogens is 8. The van der Waals surface area contributed by atoms with Gasteiger partial charge in [0.2, 0.25) is 0 Å². The third-order valence-corrected chi connectivity index (χ3v) is 24.7. The van der Waals surface area contributed by atoms with Crippen molar-refractivity contribution in [3.63, 3.8) is 0 Å². The predicted molar refractivity (Wildman–Crippen MR) is 412 cm³/mol. The molecule has 0 spiro atoms. The first-order valence-electron chi connectivity index (χ1n) is 32.8. The van der Waals surface area contributed by atoms with Crippen LogP contribution in [-0.2, 0) is 6.42 Å². The second-order valence-corrected chi connectivity index (χ2v) is 29.5. The van der Waals surface area contributed by atoms with Crippen molar-refractivity contribution in [3.05, 3.63) is 297 Å². The molecule has 1 aliphatic heterocycles. The monoisotopic (exact) mass is 1320 g/mol. The third kappa shape index (κ3) is 8.75. The Bertz CT molecular complexity index is 6580. The van der Waals surface area contributed by atoms with Crippen LogP contribution in [0.5, 0.6) is 0 Å². The smallest absolute Gasteiger partial charge is 0.164 e. The standard InChI is InChI=1S/C86H50N8S4/c1-4-18-50(19-5-1)81-87-82(51-20-6-2-7-21-51)90-85(89-81)56-39-42-64-73(48-56)95-72-45-43-62-60-27-16-32-70(77(60)97-79(62)75(64)72)94-68-31-15-12-26-59(68)65-46-54(40-44-69(65)94)49-34-36-53(37-35-49)84-88-83(52-22-8-3-9-23-52)91-86(92-84)74-47-55-38-41-63-61-28-17-33-71(78(61)98-80(63)76(55)96-74)93-66-29-13-10-24-57(66)58-25-11-14-30-67(58)93/h1-46,48,74H,47H2. The van der Waals surface area contributed by atoms with E-state index in [1.54, 1.807) is 0 Å². The number of rotatable bonds is 9. The summed E-state index contributed by atoms with van der Waals surface area (Å²) >= 11 is 7.53. The van der Waals surface area contributed by atoms with Gasteiger partial charge in [-0.25, -0.2) is 29.9 Å². The molecule has 0 saturated heterocycles. The fourth-order valence-corrected chi connectivity index (χ4v) is 20.4. The van der Waals surface area contributed by atoms with Crippen molar-refractivity contribution >= 4 is 150 Å². The van der Waals surface area contributed by atoms with Gasteiger partial charge in [-0.15, -0.1) is 45.8 Å². The molecular weight excluding hydrogens is 1270 g/mol. The Balaban J connectivity index is 0.617. The molecular formula is C86H50N8S4. The van der Waals surface area contributed by atoms with Gasteiger partial charge in [0.05, 0.1) is 48.1 Å². The summed E-state index contributed by atoms with van der Waals surface area (Å²) in [4.78, 5) is 32.3. The molecule has 8 nitrogen and oxygen atoms in total. The summed E-state index contributed by atoms with van der Waals surface area (Å²) in [6.45, 7) is 0. The van der Waals surface area contributed by atoms with Crippen molar-refractivity contribution in [2.75, 3.05) is 0 Å². The molecule has 0 radical (unpaired) electrons. The first-order chi connectivity index (χ1) is 48.5. The molecule has 13 aromatic carbocycles. The van der Waals surface area contributed by atoms with Gasteiger partial charge >= 0.3 is 0 Å². The molecule has 12 heteroatoms. The van der Waals surface area contributed by atoms with Crippen LogP contribution in [0, 0.1) is 0 Å². The van der Waals surface area contributed by atoms with Crippen molar-refractivity contribution < 1.29 is 0 Å². The number of hydrogen-bond acceptors (Lipinski definition) is 10. The number of nitrogens with zero attached hydrogens (tertiary/aromatic N) is 8. The summed E-state index contributed by atoms with van der Waals surface area (Å²) in [5.41, 5.74) is 15.5. The number of para-hydroxylation sites is 3. The molecule has 0 fully saturated rings. The molecule has 7 aromatic heterocycles. The number of hydrogen-bond donors (Lipinski definition) is 0. The highest BCUT2D eigenvalue weighted by Gasteiger charge is 2.31. The number of thiophene rings is 3. The fourth-order valence-electron chi connectivity index (χ4n) is 15.0. The average molecular weight is 1320 g/mol. The van der Waals surface area contributed by atoms with Gasteiger partial charge in [-0.1, -0.05) is 231 Å². The van der Waals surface area contributed by atoms with Crippen molar-refractivity contribution in [3.8, 4) is 79.4 Å². The van der Waals surface area contributed by atoms with Gasteiger partial charge in [-0.05, 0) is 77.7 Å². The minimum atomic E-state index is 0.00715. The van der Waals surface area contributed by atoms with E-state index in [4.69, 9.17) is 29.9 Å². The van der Waals surface area contributed by atoms with Gasteiger partial charge in [0.1, 0.15) is 5.82 Å². The van der Waals surface area contributed by atoms with Crippen LogP contribution < -0.4 is 0 Å². The largest absolute Gasteiger partial charge is 0.308 e. The van der Waals surface area contributed by atoms with E-state index in [0.29, 0.717) is 29.1 Å². The molecule has 1 aliphatic rings. The minimum Gasteiger partial charge on any atom is -0.308 e. The summed E-state index contributed by atoms with van der Waals surface area (Å²) in [6, 6.07) is 102. The van der Waals surface area contributed by atoms with E-state index in [1.165, 1.54) is 120 Å². The molecule has 0 amide bonds. The zero-order chi connectivity index (χ0) is 64.1. The van der Waals surface area contributed by atoms with Gasteiger partial charge in [0.15, 0.2) is 29.1 Å². The maximum Gasteiger partial charge on any atom is 0.164 e. The first-order valence-corrected chi connectivity index (χ1v) is 36.1. The van der Waals surface area contributed by atoms with Crippen LogP contribution in [0.3, 0.4) is 0 Å². The lowest BCUT2D eigenvalue weighted by Crippen LogP contribution is -2.06. The zero-order valence-corrected chi connectivity index (χ0v) is 55.4. The Hall–Kier alpha value is -11.5. The van der Waals surface area contributed by atoms with Crippen molar-refractivity contribution in [1.29, 1.82) is 0 Å². The third-order valence-electron chi connectivity index (χ3n) is 19.6. The van der Waals surface area contributed by atoms with Gasteiger partial charge in [0, 0.05) is 105 Å². The lowest BCUT2D eigenvalue weighted by Gasteiger charge is -2.12. The van der Waals surface area contributed by atoms with Crippen LogP contribution in [-0.4, -0.2) is 39.0 Å². The van der Waals surface area contributed by atoms with E-state index in [0.717, 1.165) is 56.7 Å². The second kappa shape index (κ2) is 22.0. The lowest BCUT2D eigenvalue weighted by molar-refractivity contribution is 0.837. The van der Waals surface area contributed by atoms with E-state index in [2.05, 4.69) is 252 Å².